The molecule has 3 aromatic rings. The van der Waals surface area contributed by atoms with Gasteiger partial charge >= 0.3 is 0 Å². The van der Waals surface area contributed by atoms with Crippen molar-refractivity contribution in [3.8, 4) is 0 Å². The van der Waals surface area contributed by atoms with Crippen LogP contribution in [0.2, 0.25) is 0 Å². The van der Waals surface area contributed by atoms with Gasteiger partial charge in [-0.1, -0.05) is 0 Å². The molecule has 0 radical (unpaired) electrons. The van der Waals surface area contributed by atoms with Crippen LogP contribution in [0.25, 0.3) is 4.96 Å². The molecule has 0 aliphatic rings. The van der Waals surface area contributed by atoms with Crippen LogP contribution >= 0.6 is 11.3 Å². The highest BCUT2D eigenvalue weighted by molar-refractivity contribution is 7.15. The van der Waals surface area contributed by atoms with E-state index in [1.807, 2.05) is 29.2 Å². The van der Waals surface area contributed by atoms with Gasteiger partial charge in [-0.05, 0) is 31.2 Å². The number of aromatic nitrogens is 2. The van der Waals surface area contributed by atoms with Crippen LogP contribution in [0.1, 0.15) is 11.3 Å². The highest BCUT2D eigenvalue weighted by Crippen LogP contribution is 2.15. The van der Waals surface area contributed by atoms with E-state index in [1.54, 1.807) is 11.3 Å². The molecule has 0 aliphatic carbocycles. The van der Waals surface area contributed by atoms with Gasteiger partial charge in [-0.3, -0.25) is 4.40 Å². The molecule has 3 rings (SSSR count). The summed E-state index contributed by atoms with van der Waals surface area (Å²) >= 11 is 1.58. The summed E-state index contributed by atoms with van der Waals surface area (Å²) in [4.78, 5) is 5.49. The number of fused-ring (bicyclic) bond motifs is 1. The molecule has 110 valence electrons. The normalized spacial score (nSPS) is 12.9. The zero-order valence-electron chi connectivity index (χ0n) is 11.5. The van der Waals surface area contributed by atoms with E-state index in [2.05, 4.69) is 10.3 Å². The summed E-state index contributed by atoms with van der Waals surface area (Å²) in [6.07, 6.45) is 5.22. The van der Waals surface area contributed by atoms with Crippen LogP contribution in [0.15, 0.2) is 36.0 Å². The van der Waals surface area contributed by atoms with E-state index < -0.39 is 11.6 Å². The van der Waals surface area contributed by atoms with Crippen molar-refractivity contribution in [2.45, 2.75) is 18.9 Å². The summed E-state index contributed by atoms with van der Waals surface area (Å²) in [5, 5.41) is 5.17. The van der Waals surface area contributed by atoms with Gasteiger partial charge in [-0.2, -0.15) is 0 Å². The third kappa shape index (κ3) is 3.28. The quantitative estimate of drug-likeness (QED) is 0.785. The Balaban J connectivity index is 1.74. The third-order valence-corrected chi connectivity index (χ3v) is 4.18. The van der Waals surface area contributed by atoms with Gasteiger partial charge in [0.2, 0.25) is 0 Å². The van der Waals surface area contributed by atoms with Gasteiger partial charge in [-0.15, -0.1) is 11.3 Å². The van der Waals surface area contributed by atoms with Crippen LogP contribution in [0.4, 0.5) is 8.78 Å². The maximum Gasteiger partial charge on any atom is 0.193 e. The second kappa shape index (κ2) is 5.91. The first-order valence-electron chi connectivity index (χ1n) is 6.67. The molecule has 0 amide bonds. The first kappa shape index (κ1) is 14.2. The second-order valence-electron chi connectivity index (χ2n) is 5.00. The summed E-state index contributed by atoms with van der Waals surface area (Å²) in [7, 11) is 1.85. The number of imidazole rings is 1. The molecule has 0 aliphatic heterocycles. The molecule has 6 heteroatoms. The number of rotatable bonds is 5. The van der Waals surface area contributed by atoms with E-state index in [1.165, 1.54) is 12.1 Å². The number of nitrogens with zero attached hydrogens (tertiary/aromatic N) is 2. The van der Waals surface area contributed by atoms with E-state index in [-0.39, 0.29) is 6.04 Å². The minimum absolute atomic E-state index is 0.0795. The van der Waals surface area contributed by atoms with Crippen molar-refractivity contribution < 1.29 is 8.78 Å². The molecule has 0 saturated carbocycles. The standard InChI is InChI=1S/C15H15F2N3S/c1-18-13(6-10-4-11(16)7-12(17)5-10)8-14-9-20-2-3-21-15(20)19-14/h2-5,7,9,13,18H,6,8H2,1H3. The fraction of sp³-hybridized carbons (Fsp3) is 0.267. The maximum absolute atomic E-state index is 13.2. The fourth-order valence-corrected chi connectivity index (χ4v) is 3.14. The lowest BCUT2D eigenvalue weighted by Crippen LogP contribution is -2.30. The van der Waals surface area contributed by atoms with Gasteiger partial charge in [0.1, 0.15) is 11.6 Å². The molecule has 2 aromatic heterocycles. The molecular weight excluding hydrogens is 292 g/mol. The Bertz CT molecular complexity index is 702. The predicted octanol–water partition coefficient (Wildman–Crippen LogP) is 3.05. The SMILES string of the molecule is CNC(Cc1cc(F)cc(F)c1)Cc1cn2ccsc2n1. The van der Waals surface area contributed by atoms with E-state index >= 15 is 0 Å². The fourth-order valence-electron chi connectivity index (χ4n) is 2.42. The average molecular weight is 307 g/mol. The number of likely N-dealkylation sites (N-methyl/N-ethyl adjacent to an activating group) is 1. The number of halogens is 2. The smallest absolute Gasteiger partial charge is 0.193 e. The van der Waals surface area contributed by atoms with Crippen LogP contribution in [0.5, 0.6) is 0 Å². The Morgan fingerprint density at radius 2 is 2.00 bits per heavy atom. The molecule has 0 fully saturated rings. The van der Waals surface area contributed by atoms with Gasteiger partial charge in [0.15, 0.2) is 4.96 Å². The Labute approximate surface area is 125 Å². The van der Waals surface area contributed by atoms with Crippen molar-refractivity contribution in [2.75, 3.05) is 7.05 Å². The molecule has 0 bridgehead atoms. The lowest BCUT2D eigenvalue weighted by molar-refractivity contribution is 0.540. The van der Waals surface area contributed by atoms with Crippen LogP contribution in [0, 0.1) is 11.6 Å². The van der Waals surface area contributed by atoms with Crippen molar-refractivity contribution in [2.24, 2.45) is 0 Å². The molecule has 0 spiro atoms. The highest BCUT2D eigenvalue weighted by atomic mass is 32.1. The molecule has 2 heterocycles. The maximum atomic E-state index is 13.2. The van der Waals surface area contributed by atoms with Gasteiger partial charge < -0.3 is 5.32 Å². The van der Waals surface area contributed by atoms with Gasteiger partial charge in [0.05, 0.1) is 5.69 Å². The van der Waals surface area contributed by atoms with E-state index in [0.29, 0.717) is 18.4 Å². The zero-order valence-corrected chi connectivity index (χ0v) is 12.3. The Kier molecular flexibility index (Phi) is 3.98. The Hall–Kier alpha value is -1.79. The molecule has 0 saturated heterocycles. The monoisotopic (exact) mass is 307 g/mol. The summed E-state index contributed by atoms with van der Waals surface area (Å²) in [5.74, 6) is -1.08. The predicted molar refractivity (Wildman–Crippen MR) is 79.7 cm³/mol. The number of hydrogen-bond donors (Lipinski definition) is 1. The highest BCUT2D eigenvalue weighted by Gasteiger charge is 2.13. The first-order valence-corrected chi connectivity index (χ1v) is 7.55. The van der Waals surface area contributed by atoms with Crippen LogP contribution < -0.4 is 5.32 Å². The van der Waals surface area contributed by atoms with Crippen LogP contribution in [-0.2, 0) is 12.8 Å². The molecule has 21 heavy (non-hydrogen) atoms. The molecule has 1 N–H and O–H groups in total. The van der Waals surface area contributed by atoms with Gasteiger partial charge in [-0.25, -0.2) is 13.8 Å². The van der Waals surface area contributed by atoms with Gasteiger partial charge in [0.25, 0.3) is 0 Å². The van der Waals surface area contributed by atoms with Crippen molar-refractivity contribution >= 4 is 16.3 Å². The van der Waals surface area contributed by atoms with Crippen molar-refractivity contribution in [3.05, 3.63) is 58.9 Å². The van der Waals surface area contributed by atoms with Crippen molar-refractivity contribution in [1.82, 2.24) is 14.7 Å². The summed E-state index contributed by atoms with van der Waals surface area (Å²) in [5.41, 5.74) is 1.62. The number of nitrogens with one attached hydrogen (secondary N) is 1. The average Bonchev–Trinajstić information content (AvgIpc) is 2.97. The van der Waals surface area contributed by atoms with Crippen LogP contribution in [0.3, 0.4) is 0 Å². The largest absolute Gasteiger partial charge is 0.316 e. The first-order chi connectivity index (χ1) is 10.1. The Morgan fingerprint density at radius 1 is 1.24 bits per heavy atom. The summed E-state index contributed by atoms with van der Waals surface area (Å²) in [6.45, 7) is 0. The molecule has 1 unspecified atom stereocenters. The zero-order chi connectivity index (χ0) is 14.8. The number of benzene rings is 1. The van der Waals surface area contributed by atoms with Gasteiger partial charge in [0, 0.05) is 36.3 Å². The summed E-state index contributed by atoms with van der Waals surface area (Å²) in [6, 6.07) is 3.72. The second-order valence-corrected chi connectivity index (χ2v) is 5.87. The molecule has 3 nitrogen and oxygen atoms in total. The lowest BCUT2D eigenvalue weighted by Gasteiger charge is -2.15. The van der Waals surface area contributed by atoms with E-state index in [0.717, 1.165) is 16.7 Å². The lowest BCUT2D eigenvalue weighted by atomic mass is 10.0. The van der Waals surface area contributed by atoms with Crippen molar-refractivity contribution in [1.29, 1.82) is 0 Å². The minimum atomic E-state index is -0.539. The van der Waals surface area contributed by atoms with Crippen molar-refractivity contribution in [3.63, 3.8) is 0 Å². The topological polar surface area (TPSA) is 29.3 Å². The number of hydrogen-bond acceptors (Lipinski definition) is 3. The van der Waals surface area contributed by atoms with Crippen LogP contribution in [-0.4, -0.2) is 22.5 Å². The van der Waals surface area contributed by atoms with E-state index in [4.69, 9.17) is 0 Å². The molecule has 1 aromatic carbocycles. The Morgan fingerprint density at radius 3 is 2.67 bits per heavy atom. The van der Waals surface area contributed by atoms with E-state index in [9.17, 15) is 8.78 Å². The summed E-state index contributed by atoms with van der Waals surface area (Å²) < 4.78 is 28.4. The minimum Gasteiger partial charge on any atom is -0.316 e. The number of thiazole rings is 1. The molecular formula is C15H15F2N3S. The third-order valence-electron chi connectivity index (χ3n) is 3.41. The molecule has 1 atom stereocenters.